The lowest BCUT2D eigenvalue weighted by Gasteiger charge is -2.24. The number of hydrogen-bond donors (Lipinski definition) is 1. The first-order valence-corrected chi connectivity index (χ1v) is 11.3. The Bertz CT molecular complexity index is 1430. The van der Waals surface area contributed by atoms with Gasteiger partial charge in [0, 0.05) is 0 Å². The summed E-state index contributed by atoms with van der Waals surface area (Å²) in [6.45, 7) is 5.71. The Hall–Kier alpha value is -3.65. The molecule has 1 atom stereocenters. The second kappa shape index (κ2) is 9.07. The van der Waals surface area contributed by atoms with Gasteiger partial charge in [0.05, 0.1) is 35.6 Å². The summed E-state index contributed by atoms with van der Waals surface area (Å²) in [5.41, 5.74) is 3.20. The molecule has 0 spiro atoms. The van der Waals surface area contributed by atoms with E-state index >= 15 is 0 Å². The Labute approximate surface area is 194 Å². The summed E-state index contributed by atoms with van der Waals surface area (Å²) in [4.78, 5) is 31.5. The van der Waals surface area contributed by atoms with E-state index in [1.807, 2.05) is 31.2 Å². The summed E-state index contributed by atoms with van der Waals surface area (Å²) in [5.74, 6) is -0.151. The molecular weight excluding hydrogens is 440 g/mol. The van der Waals surface area contributed by atoms with Gasteiger partial charge in [0.15, 0.2) is 16.3 Å². The van der Waals surface area contributed by atoms with Crippen molar-refractivity contribution in [1.29, 1.82) is 0 Å². The molecule has 0 amide bonds. The number of phenolic OH excluding ortho intramolecular Hbond substituents is 1. The molecule has 1 aliphatic rings. The van der Waals surface area contributed by atoms with E-state index in [1.165, 1.54) is 24.5 Å². The second-order valence-corrected chi connectivity index (χ2v) is 8.65. The molecule has 0 fully saturated rings. The quantitative estimate of drug-likeness (QED) is 0.587. The van der Waals surface area contributed by atoms with E-state index in [4.69, 9.17) is 9.47 Å². The molecule has 0 aliphatic carbocycles. The highest BCUT2D eigenvalue weighted by Crippen LogP contribution is 2.31. The van der Waals surface area contributed by atoms with Gasteiger partial charge >= 0.3 is 5.97 Å². The van der Waals surface area contributed by atoms with Crippen LogP contribution in [-0.4, -0.2) is 29.4 Å². The molecule has 1 aromatic heterocycles. The zero-order valence-electron chi connectivity index (χ0n) is 18.8. The molecule has 1 aliphatic heterocycles. The molecule has 2 aromatic carbocycles. The van der Waals surface area contributed by atoms with Crippen molar-refractivity contribution < 1.29 is 19.4 Å². The molecule has 170 valence electrons. The fourth-order valence-electron chi connectivity index (χ4n) is 3.79. The van der Waals surface area contributed by atoms with Crippen LogP contribution in [0.1, 0.15) is 36.6 Å². The van der Waals surface area contributed by atoms with Gasteiger partial charge in [-0.3, -0.25) is 9.36 Å². The van der Waals surface area contributed by atoms with Gasteiger partial charge in [-0.25, -0.2) is 9.79 Å². The predicted molar refractivity (Wildman–Crippen MR) is 126 cm³/mol. The Balaban J connectivity index is 1.94. The number of aromatic nitrogens is 1. The second-order valence-electron chi connectivity index (χ2n) is 7.64. The summed E-state index contributed by atoms with van der Waals surface area (Å²) in [6.07, 6.45) is 1.72. The first-order chi connectivity index (χ1) is 15.8. The number of aryl methyl sites for hydroxylation is 1. The summed E-state index contributed by atoms with van der Waals surface area (Å²) >= 11 is 1.25. The number of fused-ring (bicyclic) bond motifs is 1. The monoisotopic (exact) mass is 464 g/mol. The molecule has 0 bridgehead atoms. The topological polar surface area (TPSA) is 90.1 Å². The third-order valence-corrected chi connectivity index (χ3v) is 6.39. The lowest BCUT2D eigenvalue weighted by atomic mass is 9.95. The van der Waals surface area contributed by atoms with E-state index in [0.717, 1.165) is 11.1 Å². The molecule has 0 saturated heterocycles. The first-order valence-electron chi connectivity index (χ1n) is 10.5. The summed E-state index contributed by atoms with van der Waals surface area (Å²) in [6, 6.07) is 12.0. The van der Waals surface area contributed by atoms with Crippen LogP contribution in [0.3, 0.4) is 0 Å². The number of methoxy groups -OCH3 is 1. The van der Waals surface area contributed by atoms with Gasteiger partial charge in [-0.05, 0) is 50.1 Å². The van der Waals surface area contributed by atoms with Crippen LogP contribution in [-0.2, 0) is 9.53 Å². The zero-order valence-corrected chi connectivity index (χ0v) is 19.6. The average Bonchev–Trinajstić information content (AvgIpc) is 3.09. The smallest absolute Gasteiger partial charge is 0.338 e. The van der Waals surface area contributed by atoms with Crippen LogP contribution in [0.5, 0.6) is 11.5 Å². The maximum atomic E-state index is 13.5. The summed E-state index contributed by atoms with van der Waals surface area (Å²) < 4.78 is 12.5. The minimum absolute atomic E-state index is 0.0187. The van der Waals surface area contributed by atoms with Gasteiger partial charge in [-0.15, -0.1) is 0 Å². The molecule has 4 rings (SSSR count). The Kier molecular flexibility index (Phi) is 6.20. The fraction of sp³-hybridized carbons (Fsp3) is 0.240. The minimum atomic E-state index is -0.641. The number of hydrogen-bond acceptors (Lipinski definition) is 7. The van der Waals surface area contributed by atoms with Crippen LogP contribution in [0.2, 0.25) is 0 Å². The fourth-order valence-corrected chi connectivity index (χ4v) is 4.84. The van der Waals surface area contributed by atoms with Crippen LogP contribution < -0.4 is 19.6 Å². The van der Waals surface area contributed by atoms with Crippen molar-refractivity contribution in [3.05, 3.63) is 90.1 Å². The number of benzene rings is 2. The Morgan fingerprint density at radius 3 is 2.61 bits per heavy atom. The van der Waals surface area contributed by atoms with E-state index in [-0.39, 0.29) is 17.9 Å². The summed E-state index contributed by atoms with van der Waals surface area (Å²) in [7, 11) is 1.47. The molecule has 3 aromatic rings. The third kappa shape index (κ3) is 4.21. The number of allylic oxidation sites excluding steroid dienone is 1. The Morgan fingerprint density at radius 2 is 1.94 bits per heavy atom. The number of phenols is 1. The lowest BCUT2D eigenvalue weighted by molar-refractivity contribution is -0.139. The van der Waals surface area contributed by atoms with Crippen molar-refractivity contribution in [2.45, 2.75) is 26.8 Å². The van der Waals surface area contributed by atoms with Crippen molar-refractivity contribution in [1.82, 2.24) is 4.57 Å². The molecule has 0 radical (unpaired) electrons. The van der Waals surface area contributed by atoms with E-state index in [1.54, 1.807) is 36.6 Å². The summed E-state index contributed by atoms with van der Waals surface area (Å²) in [5, 5.41) is 9.86. The molecule has 7 nitrogen and oxygen atoms in total. The van der Waals surface area contributed by atoms with Crippen molar-refractivity contribution >= 4 is 23.4 Å². The number of nitrogens with zero attached hydrogens (tertiary/aromatic N) is 2. The number of carbonyl (C=O) groups excluding carboxylic acids is 1. The van der Waals surface area contributed by atoms with Crippen molar-refractivity contribution in [3.8, 4) is 11.5 Å². The van der Waals surface area contributed by atoms with Gasteiger partial charge < -0.3 is 14.6 Å². The SMILES string of the molecule is CCOC(=O)C1=C(C)N=c2s/c(=C\c3ccc(O)c(OC)c3)c(=O)n2[C@H]1c1ccc(C)cc1. The van der Waals surface area contributed by atoms with Gasteiger partial charge in [-0.2, -0.15) is 0 Å². The third-order valence-electron chi connectivity index (χ3n) is 5.41. The highest BCUT2D eigenvalue weighted by Gasteiger charge is 2.33. The average molecular weight is 465 g/mol. The highest BCUT2D eigenvalue weighted by atomic mass is 32.1. The maximum absolute atomic E-state index is 13.5. The largest absolute Gasteiger partial charge is 0.504 e. The number of ether oxygens (including phenoxy) is 2. The van der Waals surface area contributed by atoms with Crippen LogP contribution in [0.4, 0.5) is 0 Å². The van der Waals surface area contributed by atoms with Gasteiger partial charge in [0.2, 0.25) is 0 Å². The van der Waals surface area contributed by atoms with Crippen LogP contribution >= 0.6 is 11.3 Å². The van der Waals surface area contributed by atoms with Crippen molar-refractivity contribution in [3.63, 3.8) is 0 Å². The lowest BCUT2D eigenvalue weighted by Crippen LogP contribution is -2.39. The van der Waals surface area contributed by atoms with Crippen LogP contribution in [0.25, 0.3) is 6.08 Å². The molecule has 33 heavy (non-hydrogen) atoms. The molecule has 2 heterocycles. The number of rotatable bonds is 5. The van der Waals surface area contributed by atoms with Gasteiger partial charge in [0.1, 0.15) is 0 Å². The van der Waals surface area contributed by atoms with E-state index in [9.17, 15) is 14.7 Å². The van der Waals surface area contributed by atoms with E-state index in [2.05, 4.69) is 4.99 Å². The molecule has 1 N–H and O–H groups in total. The van der Waals surface area contributed by atoms with Gasteiger partial charge in [0.25, 0.3) is 5.56 Å². The standard InChI is InChI=1S/C25H24N2O5S/c1-5-32-24(30)21-15(3)26-25-27(22(21)17-9-6-14(2)7-10-17)23(29)20(33-25)13-16-8-11-18(28)19(12-16)31-4/h6-13,22,28H,5H2,1-4H3/b20-13-/t22-/m0/s1. The minimum Gasteiger partial charge on any atom is -0.504 e. The molecule has 8 heteroatoms. The Morgan fingerprint density at radius 1 is 1.21 bits per heavy atom. The van der Waals surface area contributed by atoms with E-state index < -0.39 is 12.0 Å². The number of thiazole rings is 1. The van der Waals surface area contributed by atoms with E-state index in [0.29, 0.717) is 31.9 Å². The van der Waals surface area contributed by atoms with Crippen LogP contribution in [0.15, 0.2) is 63.5 Å². The van der Waals surface area contributed by atoms with Crippen LogP contribution in [0, 0.1) is 6.92 Å². The van der Waals surface area contributed by atoms with Crippen molar-refractivity contribution in [2.75, 3.05) is 13.7 Å². The maximum Gasteiger partial charge on any atom is 0.338 e. The number of carbonyl (C=O) groups is 1. The molecule has 0 unspecified atom stereocenters. The first kappa shape index (κ1) is 22.5. The zero-order chi connectivity index (χ0) is 23.7. The predicted octanol–water partition coefficient (Wildman–Crippen LogP) is 2.82. The van der Waals surface area contributed by atoms with Crippen molar-refractivity contribution in [2.24, 2.45) is 4.99 Å². The highest BCUT2D eigenvalue weighted by molar-refractivity contribution is 7.07. The number of esters is 1. The number of aromatic hydroxyl groups is 1. The molecule has 0 saturated carbocycles. The normalized spacial score (nSPS) is 15.8. The molecular formula is C25H24N2O5S. The van der Waals surface area contributed by atoms with Gasteiger partial charge in [-0.1, -0.05) is 47.2 Å².